The van der Waals surface area contributed by atoms with Gasteiger partial charge in [-0.1, -0.05) is 23.7 Å². The molecule has 0 saturated heterocycles. The van der Waals surface area contributed by atoms with Crippen LogP contribution < -0.4 is 0 Å². The zero-order chi connectivity index (χ0) is 12.5. The van der Waals surface area contributed by atoms with E-state index in [1.165, 1.54) is 0 Å². The highest BCUT2D eigenvalue weighted by atomic mass is 35.5. The zero-order valence-electron chi connectivity index (χ0n) is 9.42. The van der Waals surface area contributed by atoms with Crippen LogP contribution in [0.25, 0.3) is 5.65 Å². The fourth-order valence-corrected chi connectivity index (χ4v) is 1.99. The van der Waals surface area contributed by atoms with Crippen molar-refractivity contribution >= 4 is 17.2 Å². The monoisotopic (exact) mass is 259 g/mol. The van der Waals surface area contributed by atoms with E-state index < -0.39 is 0 Å². The third-order valence-corrected chi connectivity index (χ3v) is 2.95. The maximum Gasteiger partial charge on any atom is 0.174 e. The van der Waals surface area contributed by atoms with Gasteiger partial charge in [0.2, 0.25) is 0 Å². The summed E-state index contributed by atoms with van der Waals surface area (Å²) >= 11 is 6.04. The van der Waals surface area contributed by atoms with E-state index in [0.29, 0.717) is 22.9 Å². The number of phenolic OH excluding ortho intramolecular Hbond substituents is 1. The van der Waals surface area contributed by atoms with Gasteiger partial charge < -0.3 is 5.11 Å². The Bertz CT molecular complexity index is 691. The lowest BCUT2D eigenvalue weighted by Crippen LogP contribution is -1.91. The Morgan fingerprint density at radius 3 is 2.67 bits per heavy atom. The summed E-state index contributed by atoms with van der Waals surface area (Å²) in [6.45, 7) is 0. The van der Waals surface area contributed by atoms with E-state index in [2.05, 4.69) is 10.1 Å². The van der Waals surface area contributed by atoms with Crippen molar-refractivity contribution in [2.24, 2.45) is 0 Å². The Hall–Kier alpha value is -2.07. The van der Waals surface area contributed by atoms with Gasteiger partial charge in [0.1, 0.15) is 5.75 Å². The number of halogens is 1. The maximum atomic E-state index is 9.22. The van der Waals surface area contributed by atoms with Crippen molar-refractivity contribution in [1.82, 2.24) is 14.6 Å². The van der Waals surface area contributed by atoms with Gasteiger partial charge in [-0.15, -0.1) is 0 Å². The topological polar surface area (TPSA) is 50.4 Å². The second-order valence-electron chi connectivity index (χ2n) is 4.00. The number of aromatic hydroxyl groups is 1. The predicted molar refractivity (Wildman–Crippen MR) is 68.9 cm³/mol. The second kappa shape index (κ2) is 4.31. The van der Waals surface area contributed by atoms with Crippen molar-refractivity contribution in [2.75, 3.05) is 0 Å². The Balaban J connectivity index is 1.95. The first-order valence-electron chi connectivity index (χ1n) is 5.50. The molecular formula is C13H10ClN3O. The molecule has 3 rings (SSSR count). The van der Waals surface area contributed by atoms with Crippen LogP contribution in [0.2, 0.25) is 5.02 Å². The number of nitrogens with zero attached hydrogens (tertiary/aromatic N) is 3. The molecule has 3 aromatic rings. The van der Waals surface area contributed by atoms with Crippen LogP contribution in [0.3, 0.4) is 0 Å². The molecule has 0 aliphatic carbocycles. The van der Waals surface area contributed by atoms with E-state index in [1.807, 2.05) is 24.4 Å². The largest absolute Gasteiger partial charge is 0.508 e. The molecule has 0 radical (unpaired) electrons. The molecule has 0 aliphatic rings. The molecule has 0 spiro atoms. The molecule has 0 saturated carbocycles. The van der Waals surface area contributed by atoms with Crippen molar-refractivity contribution < 1.29 is 5.11 Å². The first-order valence-corrected chi connectivity index (χ1v) is 5.88. The number of pyridine rings is 1. The third-order valence-electron chi connectivity index (χ3n) is 2.66. The maximum absolute atomic E-state index is 9.22. The van der Waals surface area contributed by atoms with Crippen molar-refractivity contribution in [3.05, 3.63) is 59.0 Å². The van der Waals surface area contributed by atoms with Crippen LogP contribution in [0.5, 0.6) is 5.75 Å². The number of fused-ring (bicyclic) bond motifs is 1. The van der Waals surface area contributed by atoms with E-state index in [-0.39, 0.29) is 5.75 Å². The average Bonchev–Trinajstić information content (AvgIpc) is 2.76. The number of aromatic nitrogens is 3. The quantitative estimate of drug-likeness (QED) is 0.770. The van der Waals surface area contributed by atoms with Crippen LogP contribution >= 0.6 is 11.6 Å². The van der Waals surface area contributed by atoms with E-state index in [0.717, 1.165) is 5.56 Å². The molecule has 90 valence electrons. The number of benzene rings is 1. The Kier molecular flexibility index (Phi) is 2.64. The Labute approximate surface area is 108 Å². The number of hydrogen-bond acceptors (Lipinski definition) is 3. The van der Waals surface area contributed by atoms with Gasteiger partial charge in [0.15, 0.2) is 11.5 Å². The first-order chi connectivity index (χ1) is 8.72. The number of rotatable bonds is 2. The van der Waals surface area contributed by atoms with Gasteiger partial charge in [-0.2, -0.15) is 5.10 Å². The van der Waals surface area contributed by atoms with Gasteiger partial charge in [0.25, 0.3) is 0 Å². The molecule has 0 bridgehead atoms. The molecule has 1 aromatic carbocycles. The lowest BCUT2D eigenvalue weighted by atomic mass is 10.1. The molecule has 18 heavy (non-hydrogen) atoms. The van der Waals surface area contributed by atoms with Crippen LogP contribution in [-0.2, 0) is 6.42 Å². The summed E-state index contributed by atoms with van der Waals surface area (Å²) in [5.74, 6) is 0.957. The van der Waals surface area contributed by atoms with Crippen molar-refractivity contribution in [3.63, 3.8) is 0 Å². The van der Waals surface area contributed by atoms with Crippen molar-refractivity contribution in [1.29, 1.82) is 0 Å². The first kappa shape index (κ1) is 11.0. The van der Waals surface area contributed by atoms with Gasteiger partial charge >= 0.3 is 0 Å². The summed E-state index contributed by atoms with van der Waals surface area (Å²) in [4.78, 5) is 4.39. The Morgan fingerprint density at radius 2 is 1.94 bits per heavy atom. The fraction of sp³-hybridized carbons (Fsp3) is 0.0769. The third kappa shape index (κ3) is 2.02. The van der Waals surface area contributed by atoms with Gasteiger partial charge in [-0.05, 0) is 29.8 Å². The summed E-state index contributed by atoms with van der Waals surface area (Å²) in [6.07, 6.45) is 2.42. The van der Waals surface area contributed by atoms with Gasteiger partial charge in [0.05, 0.1) is 5.02 Å². The molecule has 0 aliphatic heterocycles. The molecule has 2 heterocycles. The molecule has 0 atom stereocenters. The van der Waals surface area contributed by atoms with Crippen LogP contribution in [-0.4, -0.2) is 19.7 Å². The standard InChI is InChI=1S/C13H10ClN3O/c14-11-2-1-7-17-13(11)15-12(16-17)8-9-3-5-10(18)6-4-9/h1-7,18H,8H2. The molecule has 1 N–H and O–H groups in total. The molecule has 4 nitrogen and oxygen atoms in total. The van der Waals surface area contributed by atoms with Gasteiger partial charge in [-0.25, -0.2) is 9.50 Å². The summed E-state index contributed by atoms with van der Waals surface area (Å²) in [6, 6.07) is 10.6. The summed E-state index contributed by atoms with van der Waals surface area (Å²) in [5, 5.41) is 14.2. The normalized spacial score (nSPS) is 10.9. The second-order valence-corrected chi connectivity index (χ2v) is 4.40. The molecular weight excluding hydrogens is 250 g/mol. The van der Waals surface area contributed by atoms with Crippen LogP contribution in [0.1, 0.15) is 11.4 Å². The highest BCUT2D eigenvalue weighted by molar-refractivity contribution is 6.33. The van der Waals surface area contributed by atoms with Crippen LogP contribution in [0, 0.1) is 0 Å². The van der Waals surface area contributed by atoms with Gasteiger partial charge in [-0.3, -0.25) is 0 Å². The van der Waals surface area contributed by atoms with E-state index in [1.54, 1.807) is 22.7 Å². The van der Waals surface area contributed by atoms with E-state index >= 15 is 0 Å². The summed E-state index contributed by atoms with van der Waals surface area (Å²) in [5.41, 5.74) is 1.70. The van der Waals surface area contributed by atoms with Crippen molar-refractivity contribution in [3.8, 4) is 5.75 Å². The zero-order valence-corrected chi connectivity index (χ0v) is 10.2. The highest BCUT2D eigenvalue weighted by Crippen LogP contribution is 2.16. The molecule has 0 unspecified atom stereocenters. The number of phenols is 1. The lowest BCUT2D eigenvalue weighted by molar-refractivity contribution is 0.475. The minimum absolute atomic E-state index is 0.254. The summed E-state index contributed by atoms with van der Waals surface area (Å²) < 4.78 is 1.66. The molecule has 0 fully saturated rings. The van der Waals surface area contributed by atoms with Crippen LogP contribution in [0.4, 0.5) is 0 Å². The fourth-order valence-electron chi connectivity index (χ4n) is 1.79. The van der Waals surface area contributed by atoms with E-state index in [4.69, 9.17) is 11.6 Å². The Morgan fingerprint density at radius 1 is 1.17 bits per heavy atom. The van der Waals surface area contributed by atoms with Crippen LogP contribution in [0.15, 0.2) is 42.6 Å². The molecule has 2 aromatic heterocycles. The average molecular weight is 260 g/mol. The highest BCUT2D eigenvalue weighted by Gasteiger charge is 2.07. The predicted octanol–water partition coefficient (Wildman–Crippen LogP) is 2.68. The summed E-state index contributed by atoms with van der Waals surface area (Å²) in [7, 11) is 0. The van der Waals surface area contributed by atoms with Gasteiger partial charge in [0, 0.05) is 12.6 Å². The van der Waals surface area contributed by atoms with E-state index in [9.17, 15) is 5.11 Å². The molecule has 5 heteroatoms. The molecule has 0 amide bonds. The minimum Gasteiger partial charge on any atom is -0.508 e. The smallest absolute Gasteiger partial charge is 0.174 e. The minimum atomic E-state index is 0.254. The lowest BCUT2D eigenvalue weighted by Gasteiger charge is -1.96. The number of hydrogen-bond donors (Lipinski definition) is 1. The van der Waals surface area contributed by atoms with Crippen molar-refractivity contribution in [2.45, 2.75) is 6.42 Å². The SMILES string of the molecule is Oc1ccc(Cc2nc3c(Cl)cccn3n2)cc1.